The summed E-state index contributed by atoms with van der Waals surface area (Å²) in [7, 11) is 0. The van der Waals surface area contributed by atoms with Gasteiger partial charge in [-0.1, -0.05) is 6.07 Å². The van der Waals surface area contributed by atoms with E-state index in [4.69, 9.17) is 11.0 Å². The highest BCUT2D eigenvalue weighted by molar-refractivity contribution is 6.01. The number of aromatic nitrogens is 2. The number of amides is 2. The number of alkyl halides is 1. The van der Waals surface area contributed by atoms with Crippen LogP contribution in [0.3, 0.4) is 0 Å². The molecule has 0 aliphatic heterocycles. The van der Waals surface area contributed by atoms with E-state index < -0.39 is 35.9 Å². The molecule has 1 unspecified atom stereocenters. The summed E-state index contributed by atoms with van der Waals surface area (Å²) in [4.78, 5) is 32.3. The molecule has 2 aromatic heterocycles. The number of primary amides is 1. The molecule has 0 aliphatic carbocycles. The van der Waals surface area contributed by atoms with Crippen molar-refractivity contribution in [3.63, 3.8) is 0 Å². The van der Waals surface area contributed by atoms with Gasteiger partial charge in [0.25, 0.3) is 5.91 Å². The van der Waals surface area contributed by atoms with Crippen LogP contribution < -0.4 is 21.7 Å². The summed E-state index contributed by atoms with van der Waals surface area (Å²) in [5.41, 5.74) is 4.51. The van der Waals surface area contributed by atoms with Crippen molar-refractivity contribution in [1.82, 2.24) is 15.3 Å². The van der Waals surface area contributed by atoms with Crippen LogP contribution in [0.15, 0.2) is 48.8 Å². The molecule has 1 aromatic carbocycles. The van der Waals surface area contributed by atoms with Crippen LogP contribution in [0.25, 0.3) is 0 Å². The third-order valence-electron chi connectivity index (χ3n) is 5.00. The number of halogens is 2. The van der Waals surface area contributed by atoms with Crippen LogP contribution in [0, 0.1) is 17.1 Å². The second-order valence-electron chi connectivity index (χ2n) is 8.31. The first-order valence-corrected chi connectivity index (χ1v) is 10.6. The summed E-state index contributed by atoms with van der Waals surface area (Å²) in [6, 6.07) is 10.3. The summed E-state index contributed by atoms with van der Waals surface area (Å²) < 4.78 is 28.4. The fourth-order valence-corrected chi connectivity index (χ4v) is 2.95. The highest BCUT2D eigenvalue weighted by Gasteiger charge is 2.27. The molecule has 1 atom stereocenters. The van der Waals surface area contributed by atoms with Gasteiger partial charge in [0.15, 0.2) is 11.6 Å². The molecular weight excluding hydrogens is 472 g/mol. The van der Waals surface area contributed by atoms with Gasteiger partial charge in [0, 0.05) is 29.7 Å². The molecule has 0 saturated carbocycles. The number of pyridine rings is 2. The van der Waals surface area contributed by atoms with Gasteiger partial charge in [-0.15, -0.1) is 0 Å². The van der Waals surface area contributed by atoms with Gasteiger partial charge in [-0.2, -0.15) is 5.26 Å². The van der Waals surface area contributed by atoms with Gasteiger partial charge in [-0.05, 0) is 38.1 Å². The van der Waals surface area contributed by atoms with Crippen molar-refractivity contribution < 1.29 is 23.5 Å². The minimum absolute atomic E-state index is 0.00114. The minimum atomic E-state index is -1.73. The number of anilines is 4. The van der Waals surface area contributed by atoms with Crippen LogP contribution in [0.4, 0.5) is 31.8 Å². The van der Waals surface area contributed by atoms with Crippen molar-refractivity contribution in [2.75, 3.05) is 17.2 Å². The summed E-state index contributed by atoms with van der Waals surface area (Å²) >= 11 is 0. The zero-order valence-corrected chi connectivity index (χ0v) is 19.3. The maximum Gasteiger partial charge on any atom is 0.255 e. The number of benzene rings is 1. The molecule has 0 aliphatic rings. The third kappa shape index (κ3) is 6.49. The lowest BCUT2D eigenvalue weighted by molar-refractivity contribution is -0.00177. The van der Waals surface area contributed by atoms with Crippen LogP contribution in [0.1, 0.15) is 40.1 Å². The lowest BCUT2D eigenvalue weighted by atomic mass is 10.0. The minimum Gasteiger partial charge on any atom is -0.387 e. The second-order valence-corrected chi connectivity index (χ2v) is 8.31. The zero-order valence-electron chi connectivity index (χ0n) is 19.3. The number of hydrogen-bond donors (Lipinski definition) is 5. The average Bonchev–Trinajstić information content (AvgIpc) is 2.83. The molecule has 0 bridgehead atoms. The molecule has 2 heterocycles. The predicted molar refractivity (Wildman–Crippen MR) is 128 cm³/mol. The molecule has 36 heavy (non-hydrogen) atoms. The highest BCUT2D eigenvalue weighted by atomic mass is 19.1. The Morgan fingerprint density at radius 1 is 1.19 bits per heavy atom. The Morgan fingerprint density at radius 2 is 1.94 bits per heavy atom. The van der Waals surface area contributed by atoms with E-state index in [-0.39, 0.29) is 34.0 Å². The van der Waals surface area contributed by atoms with Crippen molar-refractivity contribution in [1.29, 1.82) is 5.26 Å². The molecule has 0 radical (unpaired) electrons. The van der Waals surface area contributed by atoms with Gasteiger partial charge in [-0.3, -0.25) is 9.59 Å². The SMILES string of the molecule is CC(C)(O)C(F)CNC(=O)c1cnc(Nc2ncc(C#N)cc2F)cc1Nc1cccc(C(N)=O)c1. The Morgan fingerprint density at radius 3 is 2.58 bits per heavy atom. The molecule has 0 saturated heterocycles. The first kappa shape index (κ1) is 26.0. The van der Waals surface area contributed by atoms with E-state index in [1.807, 2.05) is 0 Å². The monoisotopic (exact) mass is 495 g/mol. The van der Waals surface area contributed by atoms with Crippen LogP contribution in [0.5, 0.6) is 0 Å². The molecule has 3 rings (SSSR count). The Hall–Kier alpha value is -4.63. The number of nitriles is 1. The Balaban J connectivity index is 1.94. The number of nitrogens with zero attached hydrogens (tertiary/aromatic N) is 3. The van der Waals surface area contributed by atoms with Gasteiger partial charge in [0.2, 0.25) is 5.91 Å². The van der Waals surface area contributed by atoms with E-state index in [2.05, 4.69) is 25.9 Å². The molecule has 0 spiro atoms. The van der Waals surface area contributed by atoms with Crippen molar-refractivity contribution in [2.24, 2.45) is 5.73 Å². The van der Waals surface area contributed by atoms with Gasteiger partial charge >= 0.3 is 0 Å². The van der Waals surface area contributed by atoms with E-state index >= 15 is 0 Å². The topological polar surface area (TPSA) is 166 Å². The molecule has 2 amide bonds. The maximum absolute atomic E-state index is 14.3. The fraction of sp³-hybridized carbons (Fsp3) is 0.208. The van der Waals surface area contributed by atoms with Crippen LogP contribution in [-0.4, -0.2) is 45.2 Å². The average molecular weight is 495 g/mol. The summed E-state index contributed by atoms with van der Waals surface area (Å²) in [5.74, 6) is -2.25. The summed E-state index contributed by atoms with van der Waals surface area (Å²) in [5, 5.41) is 26.7. The van der Waals surface area contributed by atoms with Crippen LogP contribution in [0.2, 0.25) is 0 Å². The normalized spacial score (nSPS) is 11.8. The van der Waals surface area contributed by atoms with Crippen molar-refractivity contribution in [3.8, 4) is 6.07 Å². The zero-order chi connectivity index (χ0) is 26.5. The lowest BCUT2D eigenvalue weighted by Crippen LogP contribution is -2.42. The predicted octanol–water partition coefficient (Wildman–Crippen LogP) is 2.91. The van der Waals surface area contributed by atoms with E-state index in [1.54, 1.807) is 18.2 Å². The second kappa shape index (κ2) is 10.7. The van der Waals surface area contributed by atoms with Crippen molar-refractivity contribution >= 4 is 34.8 Å². The van der Waals surface area contributed by atoms with Gasteiger partial charge in [-0.25, -0.2) is 18.7 Å². The van der Waals surface area contributed by atoms with E-state index in [1.165, 1.54) is 44.4 Å². The lowest BCUT2D eigenvalue weighted by Gasteiger charge is -2.22. The van der Waals surface area contributed by atoms with Crippen LogP contribution >= 0.6 is 0 Å². The Bertz CT molecular complexity index is 1340. The van der Waals surface area contributed by atoms with E-state index in [0.29, 0.717) is 5.69 Å². The molecule has 12 heteroatoms. The maximum atomic E-state index is 14.3. The van der Waals surface area contributed by atoms with Gasteiger partial charge < -0.3 is 26.8 Å². The molecule has 3 aromatic rings. The number of aliphatic hydroxyl groups is 1. The van der Waals surface area contributed by atoms with E-state index in [9.17, 15) is 23.5 Å². The van der Waals surface area contributed by atoms with Crippen LogP contribution in [-0.2, 0) is 0 Å². The summed E-state index contributed by atoms with van der Waals surface area (Å²) in [6.45, 7) is 2.10. The highest BCUT2D eigenvalue weighted by Crippen LogP contribution is 2.26. The smallest absolute Gasteiger partial charge is 0.255 e. The number of rotatable bonds is 9. The quantitative estimate of drug-likeness (QED) is 0.302. The molecular formula is C24H23F2N7O3. The number of carbonyl (C=O) groups is 2. The van der Waals surface area contributed by atoms with Crippen molar-refractivity contribution in [3.05, 3.63) is 71.3 Å². The number of nitrogens with one attached hydrogen (secondary N) is 3. The first-order valence-electron chi connectivity index (χ1n) is 10.6. The third-order valence-corrected chi connectivity index (χ3v) is 5.00. The van der Waals surface area contributed by atoms with E-state index in [0.717, 1.165) is 6.07 Å². The van der Waals surface area contributed by atoms with Gasteiger partial charge in [0.1, 0.15) is 18.1 Å². The number of nitrogens with two attached hydrogens (primary N) is 1. The number of carbonyl (C=O) groups excluding carboxylic acids is 2. The fourth-order valence-electron chi connectivity index (χ4n) is 2.95. The summed E-state index contributed by atoms with van der Waals surface area (Å²) in [6.07, 6.45) is 0.624. The molecule has 6 N–H and O–H groups in total. The molecule has 10 nitrogen and oxygen atoms in total. The van der Waals surface area contributed by atoms with Gasteiger partial charge in [0.05, 0.1) is 29.0 Å². The standard InChI is InChI=1S/C24H23F2N7O3/c1-24(2,36)19(26)12-31-23(35)16-11-29-20(33-22-17(25)6-13(9-27)10-30-22)8-18(16)32-15-5-3-4-14(7-15)21(28)34/h3-8,10-11,19,36H,12H2,1-2H3,(H2,28,34)(H,31,35)(H2,29,30,32,33). The Labute approximate surface area is 205 Å². The first-order chi connectivity index (χ1) is 17.0. The Kier molecular flexibility index (Phi) is 7.76. The molecule has 0 fully saturated rings. The largest absolute Gasteiger partial charge is 0.387 e. The molecule has 186 valence electrons. The number of hydrogen-bond acceptors (Lipinski definition) is 8. The van der Waals surface area contributed by atoms with Crippen molar-refractivity contribution in [2.45, 2.75) is 25.6 Å².